The molecule has 0 saturated carbocycles. The van der Waals surface area contributed by atoms with E-state index in [1.54, 1.807) is 0 Å². The zero-order chi connectivity index (χ0) is 11.5. The van der Waals surface area contributed by atoms with Crippen LogP contribution >= 0.6 is 12.2 Å². The summed E-state index contributed by atoms with van der Waals surface area (Å²) in [5.41, 5.74) is 6.03. The van der Waals surface area contributed by atoms with Crippen LogP contribution in [0.25, 0.3) is 0 Å². The number of rotatable bonds is 2. The smallest absolute Gasteiger partial charge is 0.0870 e. The summed E-state index contributed by atoms with van der Waals surface area (Å²) < 4.78 is 0. The second kappa shape index (κ2) is 5.26. The van der Waals surface area contributed by atoms with E-state index in [4.69, 9.17) is 18.0 Å². The van der Waals surface area contributed by atoms with Gasteiger partial charge in [-0.15, -0.1) is 0 Å². The molecular formula is C12H24N2S. The van der Waals surface area contributed by atoms with E-state index in [9.17, 15) is 0 Å². The van der Waals surface area contributed by atoms with Gasteiger partial charge >= 0.3 is 0 Å². The lowest BCUT2D eigenvalue weighted by Gasteiger charge is -2.29. The molecule has 0 aromatic carbocycles. The molecule has 0 aromatic rings. The fraction of sp³-hybridized carbons (Fsp3) is 0.917. The van der Waals surface area contributed by atoms with Crippen LogP contribution in [0.4, 0.5) is 0 Å². The van der Waals surface area contributed by atoms with Crippen LogP contribution in [0.5, 0.6) is 0 Å². The number of hydrogen-bond acceptors (Lipinski definition) is 2. The topological polar surface area (TPSA) is 29.3 Å². The Kier molecular flexibility index (Phi) is 4.53. The van der Waals surface area contributed by atoms with Crippen molar-refractivity contribution in [1.29, 1.82) is 0 Å². The fourth-order valence-electron chi connectivity index (χ4n) is 2.40. The Morgan fingerprint density at radius 3 is 2.53 bits per heavy atom. The van der Waals surface area contributed by atoms with Crippen molar-refractivity contribution in [2.24, 2.45) is 17.1 Å². The summed E-state index contributed by atoms with van der Waals surface area (Å²) in [5, 5.41) is 0. The molecule has 3 heteroatoms. The summed E-state index contributed by atoms with van der Waals surface area (Å²) in [6.07, 6.45) is 3.91. The first-order chi connectivity index (χ1) is 6.89. The van der Waals surface area contributed by atoms with E-state index in [0.29, 0.717) is 10.4 Å². The van der Waals surface area contributed by atoms with E-state index in [-0.39, 0.29) is 0 Å². The van der Waals surface area contributed by atoms with E-state index in [0.717, 1.165) is 25.6 Å². The maximum atomic E-state index is 5.58. The van der Waals surface area contributed by atoms with Crippen LogP contribution in [0.2, 0.25) is 0 Å². The molecule has 1 fully saturated rings. The molecule has 1 saturated heterocycles. The summed E-state index contributed by atoms with van der Waals surface area (Å²) >= 11 is 4.96. The SMILES string of the molecule is CC(C)(C)C1CCCN(CC(N)=S)CC1. The first-order valence-electron chi connectivity index (χ1n) is 5.90. The number of nitrogens with zero attached hydrogens (tertiary/aromatic N) is 1. The molecule has 1 aliphatic rings. The molecule has 2 N–H and O–H groups in total. The van der Waals surface area contributed by atoms with Gasteiger partial charge in [0.2, 0.25) is 0 Å². The van der Waals surface area contributed by atoms with Crippen LogP contribution in [-0.2, 0) is 0 Å². The largest absolute Gasteiger partial charge is 0.392 e. The standard InChI is InChI=1S/C12H24N2S/c1-12(2,3)10-5-4-7-14(8-6-10)9-11(13)15/h10H,4-9H2,1-3H3,(H2,13,15). The van der Waals surface area contributed by atoms with E-state index < -0.39 is 0 Å². The van der Waals surface area contributed by atoms with Gasteiger partial charge in [-0.2, -0.15) is 0 Å². The van der Waals surface area contributed by atoms with Gasteiger partial charge in [-0.05, 0) is 43.7 Å². The van der Waals surface area contributed by atoms with Crippen molar-refractivity contribution in [1.82, 2.24) is 4.90 Å². The molecule has 0 radical (unpaired) electrons. The van der Waals surface area contributed by atoms with Crippen molar-refractivity contribution in [2.45, 2.75) is 40.0 Å². The van der Waals surface area contributed by atoms with Crippen LogP contribution in [0.15, 0.2) is 0 Å². The molecule has 1 atom stereocenters. The second-order valence-corrected chi connectivity index (χ2v) is 6.26. The van der Waals surface area contributed by atoms with Gasteiger partial charge in [0, 0.05) is 6.54 Å². The Morgan fingerprint density at radius 1 is 1.33 bits per heavy atom. The van der Waals surface area contributed by atoms with Gasteiger partial charge in [-0.3, -0.25) is 4.90 Å². The maximum absolute atomic E-state index is 5.58. The molecule has 1 heterocycles. The summed E-state index contributed by atoms with van der Waals surface area (Å²) in [7, 11) is 0. The summed E-state index contributed by atoms with van der Waals surface area (Å²) in [5.74, 6) is 0.842. The Labute approximate surface area is 99.2 Å². The number of hydrogen-bond donors (Lipinski definition) is 1. The second-order valence-electron chi connectivity index (χ2n) is 5.74. The molecule has 0 aromatic heterocycles. The molecule has 1 aliphatic heterocycles. The first kappa shape index (κ1) is 12.9. The number of nitrogens with two attached hydrogens (primary N) is 1. The van der Waals surface area contributed by atoms with Crippen molar-refractivity contribution < 1.29 is 0 Å². The van der Waals surface area contributed by atoms with Crippen LogP contribution in [-0.4, -0.2) is 29.5 Å². The minimum Gasteiger partial charge on any atom is -0.392 e. The van der Waals surface area contributed by atoms with Gasteiger partial charge in [-0.1, -0.05) is 33.0 Å². The minimum absolute atomic E-state index is 0.444. The lowest BCUT2D eigenvalue weighted by atomic mass is 9.77. The number of likely N-dealkylation sites (tertiary alicyclic amines) is 1. The van der Waals surface area contributed by atoms with E-state index in [2.05, 4.69) is 25.7 Å². The lowest BCUT2D eigenvalue weighted by Crippen LogP contribution is -2.33. The summed E-state index contributed by atoms with van der Waals surface area (Å²) in [6, 6.07) is 0. The van der Waals surface area contributed by atoms with Crippen LogP contribution in [0.3, 0.4) is 0 Å². The van der Waals surface area contributed by atoms with Crippen molar-refractivity contribution in [3.63, 3.8) is 0 Å². The Balaban J connectivity index is 2.45. The third-order valence-electron chi connectivity index (χ3n) is 3.42. The predicted molar refractivity (Wildman–Crippen MR) is 70.0 cm³/mol. The van der Waals surface area contributed by atoms with E-state index >= 15 is 0 Å². The molecule has 0 spiro atoms. The quantitative estimate of drug-likeness (QED) is 0.736. The van der Waals surface area contributed by atoms with Gasteiger partial charge in [0.1, 0.15) is 0 Å². The van der Waals surface area contributed by atoms with Crippen molar-refractivity contribution >= 4 is 17.2 Å². The highest BCUT2D eigenvalue weighted by molar-refractivity contribution is 7.80. The highest BCUT2D eigenvalue weighted by Gasteiger charge is 2.26. The van der Waals surface area contributed by atoms with Gasteiger partial charge < -0.3 is 5.73 Å². The Morgan fingerprint density at radius 2 is 2.00 bits per heavy atom. The molecular weight excluding hydrogens is 204 g/mol. The van der Waals surface area contributed by atoms with Crippen LogP contribution in [0.1, 0.15) is 40.0 Å². The molecule has 1 rings (SSSR count). The maximum Gasteiger partial charge on any atom is 0.0870 e. The van der Waals surface area contributed by atoms with Crippen molar-refractivity contribution in [3.8, 4) is 0 Å². The van der Waals surface area contributed by atoms with Crippen LogP contribution in [0, 0.1) is 11.3 Å². The van der Waals surface area contributed by atoms with Gasteiger partial charge in [0.25, 0.3) is 0 Å². The lowest BCUT2D eigenvalue weighted by molar-refractivity contribution is 0.212. The minimum atomic E-state index is 0.444. The average Bonchev–Trinajstić information content (AvgIpc) is 2.27. The van der Waals surface area contributed by atoms with E-state index in [1.165, 1.54) is 19.3 Å². The third-order valence-corrected chi connectivity index (χ3v) is 3.55. The Hall–Kier alpha value is -0.150. The zero-order valence-electron chi connectivity index (χ0n) is 10.3. The first-order valence-corrected chi connectivity index (χ1v) is 6.31. The highest BCUT2D eigenvalue weighted by atomic mass is 32.1. The average molecular weight is 228 g/mol. The normalized spacial score (nSPS) is 24.9. The molecule has 0 aliphatic carbocycles. The third kappa shape index (κ3) is 4.47. The molecule has 15 heavy (non-hydrogen) atoms. The predicted octanol–water partition coefficient (Wildman–Crippen LogP) is 2.42. The van der Waals surface area contributed by atoms with Gasteiger partial charge in [0.05, 0.1) is 4.99 Å². The molecule has 88 valence electrons. The van der Waals surface area contributed by atoms with Crippen molar-refractivity contribution in [3.05, 3.63) is 0 Å². The van der Waals surface area contributed by atoms with Gasteiger partial charge in [-0.25, -0.2) is 0 Å². The molecule has 0 bridgehead atoms. The van der Waals surface area contributed by atoms with Gasteiger partial charge in [0.15, 0.2) is 0 Å². The summed E-state index contributed by atoms with van der Waals surface area (Å²) in [4.78, 5) is 3.03. The molecule has 2 nitrogen and oxygen atoms in total. The monoisotopic (exact) mass is 228 g/mol. The fourth-order valence-corrected chi connectivity index (χ4v) is 2.58. The van der Waals surface area contributed by atoms with Crippen LogP contribution < -0.4 is 5.73 Å². The Bertz CT molecular complexity index is 220. The molecule has 1 unspecified atom stereocenters. The molecule has 0 amide bonds. The van der Waals surface area contributed by atoms with Crippen molar-refractivity contribution in [2.75, 3.05) is 19.6 Å². The van der Waals surface area contributed by atoms with E-state index in [1.807, 2.05) is 0 Å². The highest BCUT2D eigenvalue weighted by Crippen LogP contribution is 2.34. The zero-order valence-corrected chi connectivity index (χ0v) is 11.1. The number of thiocarbonyl (C=S) groups is 1. The summed E-state index contributed by atoms with van der Waals surface area (Å²) in [6.45, 7) is 10.2.